The van der Waals surface area contributed by atoms with Crippen LogP contribution >= 0.6 is 12.1 Å². The number of piperazine rings is 1. The number of rotatable bonds is 21. The van der Waals surface area contributed by atoms with Crippen LogP contribution in [0.1, 0.15) is 83.2 Å². The highest BCUT2D eigenvalue weighted by Crippen LogP contribution is 2.39. The van der Waals surface area contributed by atoms with Gasteiger partial charge in [0, 0.05) is 105 Å². The molecule has 1 aromatic rings. The van der Waals surface area contributed by atoms with Gasteiger partial charge in [-0.1, -0.05) is 46.7 Å². The van der Waals surface area contributed by atoms with Gasteiger partial charge in [0.15, 0.2) is 5.83 Å². The number of hydrazone groups is 1. The number of guanidine groups is 1. The van der Waals surface area contributed by atoms with Crippen molar-refractivity contribution in [2.45, 2.75) is 83.6 Å². The third-order valence-electron chi connectivity index (χ3n) is 11.5. The normalized spacial score (nSPS) is 21.9. The molecule has 5 N–H and O–H groups in total. The van der Waals surface area contributed by atoms with Crippen LogP contribution in [0.3, 0.4) is 0 Å². The average molecular weight is 883 g/mol. The minimum absolute atomic E-state index is 0.0748. The maximum atomic E-state index is 15.7. The standard InChI is InChI=1S/C48H68F2N12S/c1-9-22-51-23-21-39(44-18-15-40(32-54-44)58-43-17-14-35(5)57-37(43)7)13-12-25-61-26-28-62(29-27-61)48(52-10-2)53-24-20-38-30-34(4)41(33-56-55-31-38)36(6)46-42(49)16-19-45(47(46)50)59-63-60(8)11-3/h10,15,18,24,30-33,39,43,51,56-59H,2,4-7,9,11-14,16-17,19-23,25-29H2,1,3,8H3/b38-30-,41-33+,52-48+,53-24-,55-31-. The van der Waals surface area contributed by atoms with Crippen LogP contribution in [-0.4, -0.2) is 103 Å². The molecule has 1 aromatic heterocycles. The third kappa shape index (κ3) is 14.7. The molecule has 2 unspecified atom stereocenters. The Morgan fingerprint density at radius 2 is 1.90 bits per heavy atom. The molecule has 2 saturated heterocycles. The molecule has 63 heavy (non-hydrogen) atoms. The van der Waals surface area contributed by atoms with Crippen LogP contribution in [-0.2, 0) is 0 Å². The Morgan fingerprint density at radius 3 is 2.62 bits per heavy atom. The minimum Gasteiger partial charge on any atom is -0.376 e. The van der Waals surface area contributed by atoms with E-state index in [-0.39, 0.29) is 30.0 Å². The van der Waals surface area contributed by atoms with E-state index in [2.05, 4.69) is 97.9 Å². The van der Waals surface area contributed by atoms with E-state index in [9.17, 15) is 0 Å². The first-order valence-corrected chi connectivity index (χ1v) is 23.0. The van der Waals surface area contributed by atoms with Crippen molar-refractivity contribution < 1.29 is 8.78 Å². The SMILES string of the molecule is C=C/N=C(\N=C/CC1=C/C(=C)/C(C(=C)C2=C(F)CCC(NSN(C)CC)=C2F)=C\N/N=C\1)N1CCN(CCCC(CCNCCC)c2ccc(NC3CCC(=C)NC3=C)cn2)CC1. The lowest BCUT2D eigenvalue weighted by atomic mass is 9.88. The highest BCUT2D eigenvalue weighted by molar-refractivity contribution is 7.95. The Bertz CT molecular complexity index is 2010. The van der Waals surface area contributed by atoms with E-state index in [4.69, 9.17) is 9.98 Å². The molecule has 4 heterocycles. The topological polar surface area (TPSA) is 120 Å². The van der Waals surface area contributed by atoms with Gasteiger partial charge >= 0.3 is 0 Å². The molecule has 12 nitrogen and oxygen atoms in total. The summed E-state index contributed by atoms with van der Waals surface area (Å²) < 4.78 is 35.9. The van der Waals surface area contributed by atoms with Gasteiger partial charge in [0.2, 0.25) is 5.96 Å². The Morgan fingerprint density at radius 1 is 1.10 bits per heavy atom. The number of pyridine rings is 1. The van der Waals surface area contributed by atoms with Crippen LogP contribution in [0, 0.1) is 0 Å². The zero-order valence-corrected chi connectivity index (χ0v) is 38.4. The van der Waals surface area contributed by atoms with Gasteiger partial charge in [-0.2, -0.15) is 5.10 Å². The van der Waals surface area contributed by atoms with Crippen LogP contribution in [0.25, 0.3) is 0 Å². The maximum absolute atomic E-state index is 15.7. The van der Waals surface area contributed by atoms with E-state index in [0.717, 1.165) is 119 Å². The number of halogens is 2. The number of nitrogens with one attached hydrogen (secondary N) is 5. The van der Waals surface area contributed by atoms with Crippen molar-refractivity contribution in [1.29, 1.82) is 0 Å². The molecule has 3 aliphatic heterocycles. The molecule has 0 spiro atoms. The van der Waals surface area contributed by atoms with Gasteiger partial charge < -0.3 is 25.6 Å². The van der Waals surface area contributed by atoms with Crippen molar-refractivity contribution in [3.63, 3.8) is 0 Å². The van der Waals surface area contributed by atoms with E-state index < -0.39 is 11.7 Å². The van der Waals surface area contributed by atoms with Gasteiger partial charge in [-0.05, 0) is 107 Å². The van der Waals surface area contributed by atoms with Crippen LogP contribution in [0.15, 0.2) is 141 Å². The average Bonchev–Trinajstić information content (AvgIpc) is 3.27. The van der Waals surface area contributed by atoms with E-state index in [0.29, 0.717) is 35.1 Å². The second-order valence-electron chi connectivity index (χ2n) is 16.2. The number of nitrogens with zero attached hydrogens (tertiary/aromatic N) is 7. The first-order valence-electron chi connectivity index (χ1n) is 22.3. The van der Waals surface area contributed by atoms with Gasteiger partial charge in [0.1, 0.15) is 5.83 Å². The molecule has 0 aromatic carbocycles. The van der Waals surface area contributed by atoms with Gasteiger partial charge in [0.05, 0.1) is 35.4 Å². The van der Waals surface area contributed by atoms with Crippen LogP contribution in [0.4, 0.5) is 14.5 Å². The lowest BCUT2D eigenvalue weighted by molar-refractivity contribution is 0.177. The quantitative estimate of drug-likeness (QED) is 0.0355. The lowest BCUT2D eigenvalue weighted by Gasteiger charge is -2.35. The summed E-state index contributed by atoms with van der Waals surface area (Å²) in [6.07, 6.45) is 17.3. The summed E-state index contributed by atoms with van der Waals surface area (Å²) >= 11 is 1.27. The molecule has 15 heteroatoms. The summed E-state index contributed by atoms with van der Waals surface area (Å²) in [5.74, 6) is -0.219. The number of aliphatic imine (C=N–C) groups is 2. The fourth-order valence-corrected chi connectivity index (χ4v) is 8.32. The summed E-state index contributed by atoms with van der Waals surface area (Å²) in [4.78, 5) is 18.9. The molecule has 5 rings (SSSR count). The molecular formula is C48H68F2N12S. The first kappa shape index (κ1) is 48.9. The summed E-state index contributed by atoms with van der Waals surface area (Å²) in [6, 6.07) is 4.49. The van der Waals surface area contributed by atoms with Gasteiger partial charge in [0.25, 0.3) is 0 Å². The van der Waals surface area contributed by atoms with E-state index >= 15 is 8.78 Å². The third-order valence-corrected chi connectivity index (χ3v) is 12.4. The highest BCUT2D eigenvalue weighted by atomic mass is 32.2. The van der Waals surface area contributed by atoms with Gasteiger partial charge in [-0.25, -0.2) is 23.1 Å². The molecule has 0 amide bonds. The van der Waals surface area contributed by atoms with Crippen molar-refractivity contribution in [2.75, 3.05) is 64.7 Å². The minimum atomic E-state index is -0.651. The number of allylic oxidation sites excluding steroid dienone is 10. The van der Waals surface area contributed by atoms with Crippen molar-refractivity contribution in [2.24, 2.45) is 15.1 Å². The van der Waals surface area contributed by atoms with Gasteiger partial charge in [-0.15, -0.1) is 0 Å². The number of hydrogen-bond donors (Lipinski definition) is 5. The number of piperidine rings is 1. The largest absolute Gasteiger partial charge is 0.376 e. The fourth-order valence-electron chi connectivity index (χ4n) is 7.73. The Balaban J connectivity index is 1.12. The molecule has 2 atom stereocenters. The van der Waals surface area contributed by atoms with Crippen LogP contribution < -0.4 is 26.1 Å². The summed E-state index contributed by atoms with van der Waals surface area (Å²) in [5.41, 5.74) is 9.15. The zero-order valence-electron chi connectivity index (χ0n) is 37.6. The lowest BCUT2D eigenvalue weighted by Crippen LogP contribution is -2.48. The Hall–Kier alpha value is -5.09. The molecule has 0 saturated carbocycles. The summed E-state index contributed by atoms with van der Waals surface area (Å²) in [6.45, 7) is 31.7. The smallest absolute Gasteiger partial charge is 0.224 e. The van der Waals surface area contributed by atoms with Crippen molar-refractivity contribution in [1.82, 2.24) is 39.9 Å². The number of aromatic nitrogens is 1. The molecule has 4 aliphatic rings. The Labute approximate surface area is 379 Å². The highest BCUT2D eigenvalue weighted by Gasteiger charge is 2.28. The zero-order chi connectivity index (χ0) is 45.1. The predicted octanol–water partition coefficient (Wildman–Crippen LogP) is 8.92. The van der Waals surface area contributed by atoms with Crippen LogP contribution in [0.5, 0.6) is 0 Å². The predicted molar refractivity (Wildman–Crippen MR) is 261 cm³/mol. The molecule has 0 bridgehead atoms. The summed E-state index contributed by atoms with van der Waals surface area (Å²) in [7, 11) is 1.89. The second-order valence-corrected chi connectivity index (χ2v) is 17.2. The Kier molecular flexibility index (Phi) is 19.6. The van der Waals surface area contributed by atoms with E-state index in [1.807, 2.05) is 30.5 Å². The molecule has 1 aliphatic carbocycles. The van der Waals surface area contributed by atoms with Crippen molar-refractivity contribution in [3.05, 3.63) is 132 Å². The fraction of sp³-hybridized carbons (Fsp3) is 0.458. The molecule has 2 fully saturated rings. The maximum Gasteiger partial charge on any atom is 0.224 e. The second kappa shape index (κ2) is 25.3. The van der Waals surface area contributed by atoms with E-state index in [1.165, 1.54) is 18.3 Å². The molecular weight excluding hydrogens is 815 g/mol. The van der Waals surface area contributed by atoms with Crippen LogP contribution in [0.2, 0.25) is 0 Å². The van der Waals surface area contributed by atoms with Gasteiger partial charge in [-0.3, -0.25) is 15.3 Å². The number of anilines is 1. The number of hydrogen-bond acceptors (Lipinski definition) is 11. The molecule has 0 radical (unpaired) electrons. The first-order chi connectivity index (χ1) is 30.5. The van der Waals surface area contributed by atoms with E-state index in [1.54, 1.807) is 18.6 Å². The molecule has 340 valence electrons. The monoisotopic (exact) mass is 883 g/mol. The van der Waals surface area contributed by atoms with Crippen molar-refractivity contribution >= 4 is 36.2 Å². The summed E-state index contributed by atoms with van der Waals surface area (Å²) in [5, 5.41) is 14.7. The van der Waals surface area contributed by atoms with Crippen molar-refractivity contribution in [3.8, 4) is 0 Å².